The number of aromatic hydroxyl groups is 1. The van der Waals surface area contributed by atoms with Gasteiger partial charge < -0.3 is 19.3 Å². The van der Waals surface area contributed by atoms with Gasteiger partial charge in [0.1, 0.15) is 18.3 Å². The van der Waals surface area contributed by atoms with Crippen molar-refractivity contribution in [3.05, 3.63) is 41.1 Å². The lowest BCUT2D eigenvalue weighted by atomic mass is 9.75. The molecule has 0 amide bonds. The lowest BCUT2D eigenvalue weighted by molar-refractivity contribution is -0.150. The topological polar surface area (TPSA) is 94.4 Å². The standard InChI is InChI=1S/C21H25NO6/c1-12-17(20(24)26-3)19(14-6-4-7-15(23)10-14)18(13(2)22-12)21(25)28-11-16-8-5-9-27-16/h4,6-7,10,16,18-19,23H,5,8-9,11H2,1-3H3. The fourth-order valence-corrected chi connectivity index (χ4v) is 3.84. The maximum Gasteiger partial charge on any atom is 0.336 e. The second kappa shape index (κ2) is 8.56. The Kier molecular flexibility index (Phi) is 6.14. The summed E-state index contributed by atoms with van der Waals surface area (Å²) in [6.45, 7) is 4.29. The SMILES string of the molecule is COC(=O)C1=C(C)N=C(C)C(C(=O)OCC2CCCO2)C1c1cccc(O)c1. The normalized spacial score (nSPS) is 24.7. The molecule has 0 radical (unpaired) electrons. The van der Waals surface area contributed by atoms with Gasteiger partial charge in [-0.15, -0.1) is 0 Å². The number of rotatable bonds is 5. The summed E-state index contributed by atoms with van der Waals surface area (Å²) in [5, 5.41) is 9.93. The molecule has 0 saturated carbocycles. The molecule has 7 heteroatoms. The van der Waals surface area contributed by atoms with Crippen LogP contribution >= 0.6 is 0 Å². The van der Waals surface area contributed by atoms with E-state index in [1.54, 1.807) is 32.0 Å². The van der Waals surface area contributed by atoms with Gasteiger partial charge in [0.15, 0.2) is 0 Å². The maximum absolute atomic E-state index is 13.0. The zero-order chi connectivity index (χ0) is 20.3. The summed E-state index contributed by atoms with van der Waals surface area (Å²) in [5.74, 6) is -2.43. The molecule has 1 aromatic carbocycles. The van der Waals surface area contributed by atoms with E-state index >= 15 is 0 Å². The van der Waals surface area contributed by atoms with Crippen LogP contribution in [0.1, 0.15) is 38.2 Å². The van der Waals surface area contributed by atoms with E-state index in [0.717, 1.165) is 12.8 Å². The third-order valence-corrected chi connectivity index (χ3v) is 5.15. The molecule has 1 saturated heterocycles. The highest BCUT2D eigenvalue weighted by molar-refractivity contribution is 6.07. The van der Waals surface area contributed by atoms with E-state index in [9.17, 15) is 14.7 Å². The quantitative estimate of drug-likeness (QED) is 0.781. The third-order valence-electron chi connectivity index (χ3n) is 5.15. The maximum atomic E-state index is 13.0. The highest BCUT2D eigenvalue weighted by Gasteiger charge is 2.42. The number of aliphatic imine (C=N–C) groups is 1. The predicted octanol–water partition coefficient (Wildman–Crippen LogP) is 2.74. The Hall–Kier alpha value is -2.67. The summed E-state index contributed by atoms with van der Waals surface area (Å²) in [6.07, 6.45) is 1.71. The van der Waals surface area contributed by atoms with E-state index in [4.69, 9.17) is 14.2 Å². The van der Waals surface area contributed by atoms with Crippen LogP contribution in [0.25, 0.3) is 0 Å². The lowest BCUT2D eigenvalue weighted by Gasteiger charge is -2.31. The van der Waals surface area contributed by atoms with Crippen LogP contribution in [-0.4, -0.2) is 49.2 Å². The summed E-state index contributed by atoms with van der Waals surface area (Å²) in [7, 11) is 1.29. The number of nitrogens with zero attached hydrogens (tertiary/aromatic N) is 1. The Morgan fingerprint density at radius 2 is 2.11 bits per heavy atom. The number of carbonyl (C=O) groups excluding carboxylic acids is 2. The van der Waals surface area contributed by atoms with Crippen LogP contribution in [0, 0.1) is 5.92 Å². The molecule has 150 valence electrons. The molecule has 0 aliphatic carbocycles. The molecule has 3 unspecified atom stereocenters. The first kappa shape index (κ1) is 20.1. The fraction of sp³-hybridized carbons (Fsp3) is 0.476. The van der Waals surface area contributed by atoms with Crippen LogP contribution in [0.15, 0.2) is 40.5 Å². The van der Waals surface area contributed by atoms with Crippen molar-refractivity contribution < 1.29 is 28.9 Å². The number of methoxy groups -OCH3 is 1. The highest BCUT2D eigenvalue weighted by Crippen LogP contribution is 2.40. The Morgan fingerprint density at radius 1 is 1.32 bits per heavy atom. The molecule has 1 aromatic rings. The number of phenols is 1. The summed E-state index contributed by atoms with van der Waals surface area (Å²) < 4.78 is 16.0. The minimum absolute atomic E-state index is 0.0472. The van der Waals surface area contributed by atoms with Crippen molar-refractivity contribution in [1.82, 2.24) is 0 Å². The number of ether oxygens (including phenoxy) is 3. The number of esters is 2. The molecule has 2 heterocycles. The van der Waals surface area contributed by atoms with Crippen molar-refractivity contribution >= 4 is 17.7 Å². The summed E-state index contributed by atoms with van der Waals surface area (Å²) >= 11 is 0. The van der Waals surface area contributed by atoms with Crippen LogP contribution in [-0.2, 0) is 23.8 Å². The molecule has 0 spiro atoms. The molecule has 28 heavy (non-hydrogen) atoms. The van der Waals surface area contributed by atoms with Crippen molar-refractivity contribution in [2.24, 2.45) is 10.9 Å². The second-order valence-corrected chi connectivity index (χ2v) is 7.06. The Labute approximate surface area is 164 Å². The van der Waals surface area contributed by atoms with Crippen LogP contribution in [0.2, 0.25) is 0 Å². The van der Waals surface area contributed by atoms with Crippen LogP contribution in [0.4, 0.5) is 0 Å². The first-order valence-electron chi connectivity index (χ1n) is 9.33. The van der Waals surface area contributed by atoms with Gasteiger partial charge in [0, 0.05) is 23.9 Å². The fourth-order valence-electron chi connectivity index (χ4n) is 3.84. The van der Waals surface area contributed by atoms with Gasteiger partial charge in [-0.05, 0) is 44.4 Å². The van der Waals surface area contributed by atoms with Crippen molar-refractivity contribution in [1.29, 1.82) is 0 Å². The molecular weight excluding hydrogens is 362 g/mol. The Morgan fingerprint density at radius 3 is 2.75 bits per heavy atom. The Bertz CT molecular complexity index is 822. The van der Waals surface area contributed by atoms with Gasteiger partial charge in [0.25, 0.3) is 0 Å². The zero-order valence-corrected chi connectivity index (χ0v) is 16.3. The van der Waals surface area contributed by atoms with Crippen molar-refractivity contribution in [2.75, 3.05) is 20.3 Å². The van der Waals surface area contributed by atoms with E-state index in [1.165, 1.54) is 13.2 Å². The molecule has 7 nitrogen and oxygen atoms in total. The largest absolute Gasteiger partial charge is 0.508 e. The number of hydrogen-bond acceptors (Lipinski definition) is 7. The highest BCUT2D eigenvalue weighted by atomic mass is 16.6. The van der Waals surface area contributed by atoms with Gasteiger partial charge >= 0.3 is 11.9 Å². The summed E-state index contributed by atoms with van der Waals surface area (Å²) in [4.78, 5) is 29.9. The van der Waals surface area contributed by atoms with Gasteiger partial charge in [-0.25, -0.2) is 4.79 Å². The monoisotopic (exact) mass is 387 g/mol. The minimum atomic E-state index is -0.791. The van der Waals surface area contributed by atoms with E-state index in [-0.39, 0.29) is 24.0 Å². The van der Waals surface area contributed by atoms with Gasteiger partial charge in [-0.3, -0.25) is 9.79 Å². The number of benzene rings is 1. The van der Waals surface area contributed by atoms with Gasteiger partial charge in [0.05, 0.1) is 18.8 Å². The molecule has 3 atom stereocenters. The average Bonchev–Trinajstić information content (AvgIpc) is 3.18. The number of hydrogen-bond donors (Lipinski definition) is 1. The molecule has 1 N–H and O–H groups in total. The van der Waals surface area contributed by atoms with Gasteiger partial charge in [0.2, 0.25) is 0 Å². The molecule has 2 aliphatic heterocycles. The van der Waals surface area contributed by atoms with E-state index in [2.05, 4.69) is 4.99 Å². The second-order valence-electron chi connectivity index (χ2n) is 7.06. The van der Waals surface area contributed by atoms with Crippen molar-refractivity contribution in [2.45, 2.75) is 38.7 Å². The van der Waals surface area contributed by atoms with Gasteiger partial charge in [-0.2, -0.15) is 0 Å². The Balaban J connectivity index is 1.96. The molecule has 0 bridgehead atoms. The van der Waals surface area contributed by atoms with Crippen molar-refractivity contribution in [3.63, 3.8) is 0 Å². The van der Waals surface area contributed by atoms with Crippen LogP contribution in [0.5, 0.6) is 5.75 Å². The van der Waals surface area contributed by atoms with E-state index < -0.39 is 23.8 Å². The van der Waals surface area contributed by atoms with Gasteiger partial charge in [-0.1, -0.05) is 12.1 Å². The van der Waals surface area contributed by atoms with E-state index in [1.807, 2.05) is 0 Å². The smallest absolute Gasteiger partial charge is 0.336 e. The lowest BCUT2D eigenvalue weighted by Crippen LogP contribution is -2.37. The first-order chi connectivity index (χ1) is 13.4. The molecular formula is C21H25NO6. The minimum Gasteiger partial charge on any atom is -0.508 e. The zero-order valence-electron chi connectivity index (χ0n) is 16.3. The third kappa shape index (κ3) is 4.09. The van der Waals surface area contributed by atoms with Crippen LogP contribution in [0.3, 0.4) is 0 Å². The van der Waals surface area contributed by atoms with E-state index in [0.29, 0.717) is 23.6 Å². The first-order valence-corrected chi connectivity index (χ1v) is 9.33. The van der Waals surface area contributed by atoms with Crippen molar-refractivity contribution in [3.8, 4) is 5.75 Å². The molecule has 1 fully saturated rings. The molecule has 3 rings (SSSR count). The van der Waals surface area contributed by atoms with Crippen LogP contribution < -0.4 is 0 Å². The predicted molar refractivity (Wildman–Crippen MR) is 102 cm³/mol. The summed E-state index contributed by atoms with van der Waals surface area (Å²) in [6, 6.07) is 6.51. The molecule has 0 aromatic heterocycles. The number of carbonyl (C=O) groups is 2. The average molecular weight is 387 g/mol. The summed E-state index contributed by atoms with van der Waals surface area (Å²) in [5.41, 5.74) is 1.95. The number of phenolic OH excluding ortho intramolecular Hbond substituents is 1. The molecule has 2 aliphatic rings. The number of allylic oxidation sites excluding steroid dienone is 1.